The summed E-state index contributed by atoms with van der Waals surface area (Å²) in [6.45, 7) is 0.184. The lowest BCUT2D eigenvalue weighted by Crippen LogP contribution is -2.39. The molecular weight excluding hydrogens is 348 g/mol. The van der Waals surface area contributed by atoms with Crippen LogP contribution in [-0.2, 0) is 4.74 Å². The van der Waals surface area contributed by atoms with E-state index >= 15 is 0 Å². The Hall–Kier alpha value is -3.41. The van der Waals surface area contributed by atoms with Crippen molar-refractivity contribution in [3.05, 3.63) is 70.0 Å². The summed E-state index contributed by atoms with van der Waals surface area (Å²) in [7, 11) is 1.49. The Morgan fingerprint density at radius 3 is 2.56 bits per heavy atom. The third-order valence-corrected chi connectivity index (χ3v) is 5.28. The summed E-state index contributed by atoms with van der Waals surface area (Å²) >= 11 is 0. The summed E-state index contributed by atoms with van der Waals surface area (Å²) in [6, 6.07) is 10.00. The fourth-order valence-corrected chi connectivity index (χ4v) is 4.02. The molecule has 0 fully saturated rings. The molecule has 0 N–H and O–H groups in total. The fourth-order valence-electron chi connectivity index (χ4n) is 4.02. The number of ether oxygens (including phenoxy) is 3. The molecule has 0 radical (unpaired) electrons. The van der Waals surface area contributed by atoms with E-state index in [0.29, 0.717) is 28.2 Å². The van der Waals surface area contributed by atoms with Gasteiger partial charge in [-0.1, -0.05) is 24.3 Å². The zero-order chi connectivity index (χ0) is 18.7. The van der Waals surface area contributed by atoms with E-state index in [0.717, 1.165) is 11.8 Å². The largest absolute Gasteiger partial charge is 0.493 e. The summed E-state index contributed by atoms with van der Waals surface area (Å²) < 4.78 is 17.2. The first-order chi connectivity index (χ1) is 13.1. The van der Waals surface area contributed by atoms with Crippen molar-refractivity contribution in [3.8, 4) is 11.5 Å². The van der Waals surface area contributed by atoms with Crippen LogP contribution in [0.4, 0.5) is 0 Å². The number of methoxy groups -OCH3 is 1. The maximum atomic E-state index is 13.1. The molecule has 2 aromatic carbocycles. The van der Waals surface area contributed by atoms with E-state index in [-0.39, 0.29) is 35.4 Å². The van der Waals surface area contributed by atoms with Crippen LogP contribution >= 0.6 is 0 Å². The lowest BCUT2D eigenvalue weighted by atomic mass is 9.79. The number of ketones is 2. The molecule has 1 aliphatic carbocycles. The Labute approximate surface area is 154 Å². The zero-order valence-electron chi connectivity index (χ0n) is 14.4. The number of rotatable bonds is 2. The van der Waals surface area contributed by atoms with E-state index in [1.54, 1.807) is 36.4 Å². The van der Waals surface area contributed by atoms with Crippen LogP contribution in [0.25, 0.3) is 0 Å². The Balaban J connectivity index is 1.66. The topological polar surface area (TPSA) is 78.9 Å². The minimum Gasteiger partial charge on any atom is -0.493 e. The first-order valence-corrected chi connectivity index (χ1v) is 8.53. The maximum Gasteiger partial charge on any atom is 0.228 e. The highest BCUT2D eigenvalue weighted by Gasteiger charge is 2.49. The lowest BCUT2D eigenvalue weighted by molar-refractivity contribution is 0.0695. The van der Waals surface area contributed by atoms with Gasteiger partial charge in [-0.15, -0.1) is 0 Å². The van der Waals surface area contributed by atoms with E-state index in [1.807, 2.05) is 0 Å². The predicted molar refractivity (Wildman–Crippen MR) is 93.6 cm³/mol. The normalized spacial score (nSPS) is 22.1. The third-order valence-electron chi connectivity index (χ3n) is 5.28. The van der Waals surface area contributed by atoms with Crippen molar-refractivity contribution in [2.75, 3.05) is 13.7 Å². The van der Waals surface area contributed by atoms with Crippen LogP contribution in [0.15, 0.2) is 47.7 Å². The molecule has 2 aliphatic heterocycles. The van der Waals surface area contributed by atoms with Gasteiger partial charge in [0.2, 0.25) is 5.78 Å². The molecule has 0 amide bonds. The van der Waals surface area contributed by atoms with Crippen LogP contribution in [0.3, 0.4) is 0 Å². The minimum atomic E-state index is -0.649. The van der Waals surface area contributed by atoms with Crippen LogP contribution < -0.4 is 9.47 Å². The molecule has 5 rings (SSSR count). The first kappa shape index (κ1) is 15.8. The van der Waals surface area contributed by atoms with Crippen molar-refractivity contribution >= 4 is 17.9 Å². The van der Waals surface area contributed by atoms with Gasteiger partial charge in [0.15, 0.2) is 23.0 Å². The Morgan fingerprint density at radius 1 is 1.11 bits per heavy atom. The smallest absolute Gasteiger partial charge is 0.228 e. The molecular formula is C21H14O6. The van der Waals surface area contributed by atoms with Gasteiger partial charge >= 0.3 is 0 Å². The molecule has 134 valence electrons. The van der Waals surface area contributed by atoms with Crippen LogP contribution in [0.5, 0.6) is 11.5 Å². The van der Waals surface area contributed by atoms with Gasteiger partial charge < -0.3 is 14.2 Å². The second-order valence-corrected chi connectivity index (χ2v) is 6.66. The average molecular weight is 362 g/mol. The van der Waals surface area contributed by atoms with Gasteiger partial charge in [-0.25, -0.2) is 0 Å². The van der Waals surface area contributed by atoms with Crippen LogP contribution in [0.1, 0.15) is 42.6 Å². The number of carbonyl (C=O) groups excluding carboxylic acids is 3. The Kier molecular flexibility index (Phi) is 3.25. The van der Waals surface area contributed by atoms with Crippen molar-refractivity contribution in [1.29, 1.82) is 0 Å². The number of carbonyl (C=O) groups is 3. The summed E-state index contributed by atoms with van der Waals surface area (Å²) in [5.41, 5.74) is 2.13. The zero-order valence-corrected chi connectivity index (χ0v) is 14.4. The van der Waals surface area contributed by atoms with E-state index in [9.17, 15) is 14.4 Å². The average Bonchev–Trinajstić information content (AvgIpc) is 3.09. The molecule has 2 aromatic rings. The van der Waals surface area contributed by atoms with Crippen molar-refractivity contribution in [1.82, 2.24) is 0 Å². The minimum absolute atomic E-state index is 0.0577. The molecule has 0 spiro atoms. The van der Waals surface area contributed by atoms with Gasteiger partial charge in [0.25, 0.3) is 0 Å². The van der Waals surface area contributed by atoms with Crippen molar-refractivity contribution < 1.29 is 28.6 Å². The third kappa shape index (κ3) is 2.04. The van der Waals surface area contributed by atoms with E-state index in [1.165, 1.54) is 7.11 Å². The molecule has 2 atom stereocenters. The quantitative estimate of drug-likeness (QED) is 0.765. The highest BCUT2D eigenvalue weighted by molar-refractivity contribution is 6.26. The number of hydrogen-bond acceptors (Lipinski definition) is 6. The van der Waals surface area contributed by atoms with Crippen LogP contribution in [0.2, 0.25) is 0 Å². The summed E-state index contributed by atoms with van der Waals surface area (Å²) in [6.07, 6.45) is 0.0834. The van der Waals surface area contributed by atoms with Gasteiger partial charge in [0.1, 0.15) is 12.4 Å². The van der Waals surface area contributed by atoms with Crippen molar-refractivity contribution in [3.63, 3.8) is 0 Å². The summed E-state index contributed by atoms with van der Waals surface area (Å²) in [5.74, 6) is 0.0867. The monoisotopic (exact) mass is 362 g/mol. The van der Waals surface area contributed by atoms with Gasteiger partial charge in [0, 0.05) is 22.3 Å². The fraction of sp³-hybridized carbons (Fsp3) is 0.190. The molecule has 27 heavy (non-hydrogen) atoms. The maximum absolute atomic E-state index is 13.1. The number of benzene rings is 2. The SMILES string of the molecule is COc1cc(C=O)cc2c1O[C@@H]1C3=C(OC[C@H]21)C(=O)c1ccccc1C3=O. The molecule has 6 heteroatoms. The molecule has 2 heterocycles. The second-order valence-electron chi connectivity index (χ2n) is 6.66. The van der Waals surface area contributed by atoms with Gasteiger partial charge in [-0.2, -0.15) is 0 Å². The predicted octanol–water partition coefficient (Wildman–Crippen LogP) is 2.72. The highest BCUT2D eigenvalue weighted by atomic mass is 16.5. The number of fused-ring (bicyclic) bond motifs is 5. The summed E-state index contributed by atoms with van der Waals surface area (Å²) in [5, 5.41) is 0. The first-order valence-electron chi connectivity index (χ1n) is 8.53. The van der Waals surface area contributed by atoms with Crippen molar-refractivity contribution in [2.45, 2.75) is 12.0 Å². The number of hydrogen-bond donors (Lipinski definition) is 0. The number of allylic oxidation sites excluding steroid dienone is 1. The second kappa shape index (κ2) is 5.54. The van der Waals surface area contributed by atoms with Crippen molar-refractivity contribution in [2.24, 2.45) is 0 Å². The number of Topliss-reactive ketones (excluding diaryl/α,β-unsaturated/α-hetero) is 2. The molecule has 0 bridgehead atoms. The molecule has 3 aliphatic rings. The van der Waals surface area contributed by atoms with E-state index in [2.05, 4.69) is 0 Å². The molecule has 0 aromatic heterocycles. The molecule has 0 saturated heterocycles. The van der Waals surface area contributed by atoms with E-state index < -0.39 is 6.10 Å². The van der Waals surface area contributed by atoms with Gasteiger partial charge in [0.05, 0.1) is 25.2 Å². The highest BCUT2D eigenvalue weighted by Crippen LogP contribution is 2.50. The van der Waals surface area contributed by atoms with Gasteiger partial charge in [-0.3, -0.25) is 14.4 Å². The molecule has 6 nitrogen and oxygen atoms in total. The Morgan fingerprint density at radius 2 is 1.85 bits per heavy atom. The van der Waals surface area contributed by atoms with Crippen LogP contribution in [-0.4, -0.2) is 37.7 Å². The Bertz CT molecular complexity index is 1060. The molecule has 0 unspecified atom stereocenters. The molecule has 0 saturated carbocycles. The number of aldehydes is 1. The lowest BCUT2D eigenvalue weighted by Gasteiger charge is -2.31. The van der Waals surface area contributed by atoms with Crippen LogP contribution in [0, 0.1) is 0 Å². The standard InChI is InChI=1S/C21H14O6/c1-25-15-7-10(8-22)6-13-14-9-26-21-16(20(14)27-19(13)15)17(23)11-4-2-3-5-12(11)18(21)24/h2-8,14,20H,9H2,1H3/t14-,20+/m1/s1. The summed E-state index contributed by atoms with van der Waals surface area (Å²) in [4.78, 5) is 37.2. The van der Waals surface area contributed by atoms with E-state index in [4.69, 9.17) is 14.2 Å². The van der Waals surface area contributed by atoms with Gasteiger partial charge in [-0.05, 0) is 12.1 Å².